The van der Waals surface area contributed by atoms with Crippen LogP contribution in [-0.4, -0.2) is 33.8 Å². The number of aliphatic hydroxyl groups is 1. The average Bonchev–Trinajstić information content (AvgIpc) is 2.23. The van der Waals surface area contributed by atoms with Crippen LogP contribution in [0, 0.1) is 5.92 Å². The minimum absolute atomic E-state index is 0.0404. The Balaban J connectivity index is 1.89. The van der Waals surface area contributed by atoms with Gasteiger partial charge in [0.05, 0.1) is 6.10 Å². The summed E-state index contributed by atoms with van der Waals surface area (Å²) in [5.74, 6) is -0.542. The second-order valence-electron chi connectivity index (χ2n) is 4.11. The summed E-state index contributed by atoms with van der Waals surface area (Å²) >= 11 is 0. The maximum atomic E-state index is 10.7. The van der Waals surface area contributed by atoms with Crippen LogP contribution in [0.1, 0.15) is 23.3 Å². The van der Waals surface area contributed by atoms with Crippen LogP contribution in [-0.2, 0) is 0 Å². The molecule has 1 aliphatic rings. The molecule has 3 N–H and O–H groups in total. The van der Waals surface area contributed by atoms with Crippen LogP contribution in [0.3, 0.4) is 0 Å². The van der Waals surface area contributed by atoms with Crippen molar-refractivity contribution in [3.05, 3.63) is 24.0 Å². The highest BCUT2D eigenvalue weighted by molar-refractivity contribution is 5.86. The third-order valence-corrected chi connectivity index (χ3v) is 2.78. The second kappa shape index (κ2) is 4.49. The molecule has 5 heteroatoms. The lowest BCUT2D eigenvalue weighted by Gasteiger charge is -2.31. The highest BCUT2D eigenvalue weighted by atomic mass is 16.4. The smallest absolute Gasteiger partial charge is 0.354 e. The highest BCUT2D eigenvalue weighted by Crippen LogP contribution is 2.27. The Bertz CT molecular complexity index is 389. The number of aliphatic hydroxyl groups excluding tert-OH is 1. The van der Waals surface area contributed by atoms with Crippen molar-refractivity contribution in [3.8, 4) is 0 Å². The molecule has 1 aromatic rings. The lowest BCUT2D eigenvalue weighted by Crippen LogP contribution is -2.33. The van der Waals surface area contributed by atoms with Crippen LogP contribution in [0.4, 0.5) is 5.69 Å². The number of pyridine rings is 1. The molecule has 0 radical (unpaired) electrons. The van der Waals surface area contributed by atoms with Gasteiger partial charge in [0.2, 0.25) is 0 Å². The minimum atomic E-state index is -1.03. The van der Waals surface area contributed by atoms with E-state index in [1.54, 1.807) is 6.07 Å². The molecule has 1 aromatic heterocycles. The summed E-state index contributed by atoms with van der Waals surface area (Å²) in [6.07, 6.45) is 2.97. The molecule has 2 rings (SSSR count). The van der Waals surface area contributed by atoms with Gasteiger partial charge >= 0.3 is 5.97 Å². The molecule has 0 bridgehead atoms. The number of rotatable bonds is 4. The van der Waals surface area contributed by atoms with Crippen LogP contribution in [0.2, 0.25) is 0 Å². The van der Waals surface area contributed by atoms with Crippen molar-refractivity contribution in [2.75, 3.05) is 11.9 Å². The fourth-order valence-corrected chi connectivity index (χ4v) is 1.79. The molecule has 5 nitrogen and oxygen atoms in total. The van der Waals surface area contributed by atoms with Crippen molar-refractivity contribution >= 4 is 11.7 Å². The topological polar surface area (TPSA) is 82.5 Å². The predicted octanol–water partition coefficient (Wildman–Crippen LogP) is 0.963. The Morgan fingerprint density at radius 3 is 2.94 bits per heavy atom. The number of hydrogen-bond acceptors (Lipinski definition) is 4. The van der Waals surface area contributed by atoms with Crippen molar-refractivity contribution in [1.82, 2.24) is 4.98 Å². The van der Waals surface area contributed by atoms with Crippen molar-refractivity contribution in [2.24, 2.45) is 5.92 Å². The molecule has 16 heavy (non-hydrogen) atoms. The Morgan fingerprint density at radius 2 is 2.31 bits per heavy atom. The van der Waals surface area contributed by atoms with Gasteiger partial charge < -0.3 is 15.5 Å². The molecule has 86 valence electrons. The molecule has 0 aliphatic heterocycles. The number of anilines is 1. The van der Waals surface area contributed by atoms with Gasteiger partial charge in [-0.3, -0.25) is 0 Å². The normalized spacial score (nSPS) is 23.6. The molecule has 1 aliphatic carbocycles. The van der Waals surface area contributed by atoms with Gasteiger partial charge in [-0.05, 0) is 30.9 Å². The van der Waals surface area contributed by atoms with E-state index in [0.717, 1.165) is 25.1 Å². The SMILES string of the molecule is O=C(O)c1cc(NCC2CC(O)C2)ccn1. The van der Waals surface area contributed by atoms with Crippen LogP contribution < -0.4 is 5.32 Å². The fraction of sp³-hybridized carbons (Fsp3) is 0.455. The van der Waals surface area contributed by atoms with Crippen molar-refractivity contribution < 1.29 is 15.0 Å². The van der Waals surface area contributed by atoms with Gasteiger partial charge in [0.25, 0.3) is 0 Å². The molecule has 1 saturated carbocycles. The van der Waals surface area contributed by atoms with E-state index in [2.05, 4.69) is 10.3 Å². The average molecular weight is 222 g/mol. The van der Waals surface area contributed by atoms with Crippen molar-refractivity contribution in [2.45, 2.75) is 18.9 Å². The van der Waals surface area contributed by atoms with E-state index in [4.69, 9.17) is 10.2 Å². The number of aromatic nitrogens is 1. The molecule has 0 amide bonds. The molecular weight excluding hydrogens is 208 g/mol. The first-order valence-corrected chi connectivity index (χ1v) is 5.26. The molecular formula is C11H14N2O3. The van der Waals surface area contributed by atoms with E-state index in [1.807, 2.05) is 0 Å². The second-order valence-corrected chi connectivity index (χ2v) is 4.11. The summed E-state index contributed by atoms with van der Waals surface area (Å²) in [7, 11) is 0. The van der Waals surface area contributed by atoms with Crippen LogP contribution in [0.15, 0.2) is 18.3 Å². The van der Waals surface area contributed by atoms with E-state index in [1.165, 1.54) is 12.3 Å². The summed E-state index contributed by atoms with van der Waals surface area (Å²) in [6, 6.07) is 3.25. The zero-order valence-electron chi connectivity index (χ0n) is 8.76. The maximum absolute atomic E-state index is 10.7. The quantitative estimate of drug-likeness (QED) is 0.707. The summed E-state index contributed by atoms with van der Waals surface area (Å²) in [5, 5.41) is 21.0. The Kier molecular flexibility index (Phi) is 3.05. The van der Waals surface area contributed by atoms with Gasteiger partial charge in [0.15, 0.2) is 0 Å². The largest absolute Gasteiger partial charge is 0.477 e. The number of carboxylic acid groups (broad SMARTS) is 1. The first-order valence-electron chi connectivity index (χ1n) is 5.26. The first kappa shape index (κ1) is 10.9. The standard InChI is InChI=1S/C11H14N2O3/c14-9-3-7(4-9)6-13-8-1-2-12-10(5-8)11(15)16/h1-2,5,7,9,14H,3-4,6H2,(H,12,13)(H,15,16). The summed E-state index contributed by atoms with van der Waals surface area (Å²) in [4.78, 5) is 14.4. The summed E-state index contributed by atoms with van der Waals surface area (Å²) in [5.41, 5.74) is 0.799. The zero-order chi connectivity index (χ0) is 11.5. The molecule has 0 saturated heterocycles. The van der Waals surface area contributed by atoms with Crippen LogP contribution in [0.25, 0.3) is 0 Å². The number of aromatic carboxylic acids is 1. The van der Waals surface area contributed by atoms with E-state index in [-0.39, 0.29) is 11.8 Å². The first-order chi connectivity index (χ1) is 7.65. The van der Waals surface area contributed by atoms with E-state index in [0.29, 0.717) is 5.92 Å². The minimum Gasteiger partial charge on any atom is -0.477 e. The monoisotopic (exact) mass is 222 g/mol. The van der Waals surface area contributed by atoms with Gasteiger partial charge in [0, 0.05) is 18.4 Å². The highest BCUT2D eigenvalue weighted by Gasteiger charge is 2.26. The van der Waals surface area contributed by atoms with Gasteiger partial charge in [0.1, 0.15) is 5.69 Å². The fourth-order valence-electron chi connectivity index (χ4n) is 1.79. The number of hydrogen-bond donors (Lipinski definition) is 3. The molecule has 0 aromatic carbocycles. The number of nitrogens with one attached hydrogen (secondary N) is 1. The van der Waals surface area contributed by atoms with Crippen LogP contribution in [0.5, 0.6) is 0 Å². The third kappa shape index (κ3) is 2.49. The molecule has 0 atom stereocenters. The van der Waals surface area contributed by atoms with Crippen LogP contribution >= 0.6 is 0 Å². The lowest BCUT2D eigenvalue weighted by molar-refractivity contribution is 0.0487. The number of carboxylic acids is 1. The maximum Gasteiger partial charge on any atom is 0.354 e. The summed E-state index contributed by atoms with van der Waals surface area (Å²) in [6.45, 7) is 0.764. The van der Waals surface area contributed by atoms with Gasteiger partial charge in [-0.15, -0.1) is 0 Å². The molecule has 0 spiro atoms. The zero-order valence-corrected chi connectivity index (χ0v) is 8.76. The summed E-state index contributed by atoms with van der Waals surface area (Å²) < 4.78 is 0. The van der Waals surface area contributed by atoms with E-state index < -0.39 is 5.97 Å². The number of carbonyl (C=O) groups is 1. The Hall–Kier alpha value is -1.62. The van der Waals surface area contributed by atoms with Gasteiger partial charge in [-0.1, -0.05) is 0 Å². The molecule has 1 fully saturated rings. The Morgan fingerprint density at radius 1 is 1.56 bits per heavy atom. The van der Waals surface area contributed by atoms with Crippen molar-refractivity contribution in [3.63, 3.8) is 0 Å². The van der Waals surface area contributed by atoms with E-state index in [9.17, 15) is 4.79 Å². The molecule has 1 heterocycles. The predicted molar refractivity (Wildman–Crippen MR) is 58.4 cm³/mol. The van der Waals surface area contributed by atoms with E-state index >= 15 is 0 Å². The molecule has 0 unspecified atom stereocenters. The lowest BCUT2D eigenvalue weighted by atomic mass is 9.82. The van der Waals surface area contributed by atoms with Gasteiger partial charge in [-0.2, -0.15) is 0 Å². The number of nitrogens with zero attached hydrogens (tertiary/aromatic N) is 1. The Labute approximate surface area is 93.1 Å². The van der Waals surface area contributed by atoms with Gasteiger partial charge in [-0.25, -0.2) is 9.78 Å². The van der Waals surface area contributed by atoms with Crippen molar-refractivity contribution in [1.29, 1.82) is 0 Å². The third-order valence-electron chi connectivity index (χ3n) is 2.78.